The Balaban J connectivity index is 1.77. The van der Waals surface area contributed by atoms with Gasteiger partial charge >= 0.3 is 0 Å². The van der Waals surface area contributed by atoms with Gasteiger partial charge in [0.05, 0.1) is 16.8 Å². The summed E-state index contributed by atoms with van der Waals surface area (Å²) in [5.74, 6) is -0.589. The van der Waals surface area contributed by atoms with Gasteiger partial charge in [0.2, 0.25) is 0 Å². The van der Waals surface area contributed by atoms with Crippen LogP contribution < -0.4 is 10.9 Å². The molecule has 0 unspecified atom stereocenters. The highest BCUT2D eigenvalue weighted by Crippen LogP contribution is 2.21. The second kappa shape index (κ2) is 8.05. The van der Waals surface area contributed by atoms with Gasteiger partial charge in [0.1, 0.15) is 5.82 Å². The molecule has 0 spiro atoms. The quantitative estimate of drug-likeness (QED) is 0.531. The van der Waals surface area contributed by atoms with Crippen LogP contribution in [0, 0.1) is 18.7 Å². The lowest BCUT2D eigenvalue weighted by molar-refractivity contribution is 0.102. The Bertz CT molecular complexity index is 1340. The zero-order chi connectivity index (χ0) is 22.1. The molecule has 2 aromatic heterocycles. The van der Waals surface area contributed by atoms with E-state index >= 15 is 0 Å². The van der Waals surface area contributed by atoms with Crippen LogP contribution in [0.15, 0.2) is 47.3 Å². The molecule has 0 aliphatic rings. The van der Waals surface area contributed by atoms with E-state index < -0.39 is 11.7 Å². The van der Waals surface area contributed by atoms with Crippen LogP contribution in [0.1, 0.15) is 30.2 Å². The number of tetrazole rings is 1. The molecule has 0 radical (unpaired) electrons. The number of benzene rings is 2. The van der Waals surface area contributed by atoms with Crippen molar-refractivity contribution in [2.24, 2.45) is 5.92 Å². The summed E-state index contributed by atoms with van der Waals surface area (Å²) in [5.41, 5.74) is 0.203. The minimum Gasteiger partial charge on any atom is -0.318 e. The Morgan fingerprint density at radius 3 is 2.58 bits per heavy atom. The van der Waals surface area contributed by atoms with Gasteiger partial charge in [-0.1, -0.05) is 32.0 Å². The van der Waals surface area contributed by atoms with E-state index in [1.165, 1.54) is 27.6 Å². The summed E-state index contributed by atoms with van der Waals surface area (Å²) in [6, 6.07) is 10.9. The summed E-state index contributed by atoms with van der Waals surface area (Å²) in [7, 11) is 0. The average Bonchev–Trinajstić information content (AvgIpc) is 3.17. The van der Waals surface area contributed by atoms with Gasteiger partial charge in [0, 0.05) is 11.9 Å². The molecule has 0 saturated heterocycles. The number of hydrogen-bond acceptors (Lipinski definition) is 6. The number of amides is 1. The van der Waals surface area contributed by atoms with Crippen molar-refractivity contribution in [3.05, 3.63) is 70.2 Å². The molecule has 0 atom stereocenters. The number of fused-ring (bicyclic) bond motifs is 1. The fraction of sp³-hybridized carbons (Fsp3) is 0.238. The first-order valence-electron chi connectivity index (χ1n) is 9.71. The zero-order valence-electron chi connectivity index (χ0n) is 17.2. The lowest BCUT2D eigenvalue weighted by atomic mass is 10.1. The third-order valence-electron chi connectivity index (χ3n) is 4.69. The molecule has 0 fully saturated rings. The van der Waals surface area contributed by atoms with Crippen LogP contribution in [-0.2, 0) is 6.54 Å². The molecular weight excluding hydrogens is 401 g/mol. The second-order valence-corrected chi connectivity index (χ2v) is 7.53. The van der Waals surface area contributed by atoms with E-state index in [0.717, 1.165) is 0 Å². The number of halogens is 1. The maximum atomic E-state index is 14.5. The first-order valence-corrected chi connectivity index (χ1v) is 9.71. The molecular formula is C21H20FN7O2. The normalized spacial score (nSPS) is 11.3. The fourth-order valence-corrected chi connectivity index (χ4v) is 3.27. The van der Waals surface area contributed by atoms with Crippen LogP contribution in [0.5, 0.6) is 0 Å². The van der Waals surface area contributed by atoms with Gasteiger partial charge in [-0.2, -0.15) is 9.78 Å². The zero-order valence-corrected chi connectivity index (χ0v) is 17.2. The second-order valence-electron chi connectivity index (χ2n) is 7.53. The van der Waals surface area contributed by atoms with Gasteiger partial charge in [-0.3, -0.25) is 9.59 Å². The predicted molar refractivity (Wildman–Crippen MR) is 113 cm³/mol. The smallest absolute Gasteiger partial charge is 0.276 e. The molecule has 10 heteroatoms. The van der Waals surface area contributed by atoms with Gasteiger partial charge in [-0.25, -0.2) is 9.07 Å². The summed E-state index contributed by atoms with van der Waals surface area (Å²) in [5, 5.41) is 18.9. The minimum absolute atomic E-state index is 0.0410. The maximum Gasteiger partial charge on any atom is 0.276 e. The first-order chi connectivity index (χ1) is 14.8. The molecule has 0 bridgehead atoms. The highest BCUT2D eigenvalue weighted by atomic mass is 19.1. The molecule has 1 amide bonds. The van der Waals surface area contributed by atoms with Crippen LogP contribution >= 0.6 is 0 Å². The molecule has 2 heterocycles. The number of hydrogen-bond donors (Lipinski definition) is 1. The highest BCUT2D eigenvalue weighted by Gasteiger charge is 2.19. The molecule has 9 nitrogen and oxygen atoms in total. The summed E-state index contributed by atoms with van der Waals surface area (Å²) in [4.78, 5) is 25.8. The number of carbonyl (C=O) groups excluding carboxylic acids is 1. The van der Waals surface area contributed by atoms with Crippen LogP contribution in [0.3, 0.4) is 0 Å². The van der Waals surface area contributed by atoms with Crippen LogP contribution in [0.2, 0.25) is 0 Å². The van der Waals surface area contributed by atoms with Gasteiger partial charge in [-0.15, -0.1) is 5.10 Å². The molecule has 31 heavy (non-hydrogen) atoms. The monoisotopic (exact) mass is 421 g/mol. The molecule has 0 aliphatic heterocycles. The molecule has 4 rings (SSSR count). The van der Waals surface area contributed by atoms with E-state index in [1.54, 1.807) is 31.2 Å². The van der Waals surface area contributed by atoms with Crippen molar-refractivity contribution in [3.8, 4) is 5.69 Å². The van der Waals surface area contributed by atoms with Crippen molar-refractivity contribution < 1.29 is 9.18 Å². The van der Waals surface area contributed by atoms with Crippen molar-refractivity contribution in [1.82, 2.24) is 30.0 Å². The molecule has 158 valence electrons. The summed E-state index contributed by atoms with van der Waals surface area (Å²) < 4.78 is 17.2. The van der Waals surface area contributed by atoms with Crippen LogP contribution in [0.25, 0.3) is 16.5 Å². The molecule has 0 saturated carbocycles. The van der Waals surface area contributed by atoms with Gasteiger partial charge in [0.25, 0.3) is 11.5 Å². The van der Waals surface area contributed by atoms with Crippen molar-refractivity contribution in [1.29, 1.82) is 0 Å². The highest BCUT2D eigenvalue weighted by molar-refractivity contribution is 6.11. The largest absolute Gasteiger partial charge is 0.318 e. The van der Waals surface area contributed by atoms with Gasteiger partial charge < -0.3 is 5.32 Å². The number of nitrogens with zero attached hydrogens (tertiary/aromatic N) is 6. The van der Waals surface area contributed by atoms with E-state index in [-0.39, 0.29) is 22.9 Å². The minimum atomic E-state index is -0.627. The van der Waals surface area contributed by atoms with Gasteiger partial charge in [0.15, 0.2) is 11.5 Å². The third kappa shape index (κ3) is 3.91. The predicted octanol–water partition coefficient (Wildman–Crippen LogP) is 2.73. The van der Waals surface area contributed by atoms with E-state index in [4.69, 9.17) is 0 Å². The van der Waals surface area contributed by atoms with E-state index in [1.807, 2.05) is 13.8 Å². The Morgan fingerprint density at radius 1 is 1.16 bits per heavy atom. The Hall–Kier alpha value is -3.95. The summed E-state index contributed by atoms with van der Waals surface area (Å²) in [6.07, 6.45) is 0. The van der Waals surface area contributed by atoms with Crippen molar-refractivity contribution in [3.63, 3.8) is 0 Å². The number of anilines is 1. The van der Waals surface area contributed by atoms with Crippen LogP contribution in [-0.4, -0.2) is 35.9 Å². The number of nitrogens with one attached hydrogen (secondary N) is 1. The van der Waals surface area contributed by atoms with E-state index in [9.17, 15) is 14.0 Å². The maximum absolute atomic E-state index is 14.5. The number of aryl methyl sites for hydroxylation is 1. The molecule has 0 aliphatic carbocycles. The lowest BCUT2D eigenvalue weighted by Gasteiger charge is -2.13. The fourth-order valence-electron chi connectivity index (χ4n) is 3.27. The Labute approximate surface area is 176 Å². The van der Waals surface area contributed by atoms with Crippen molar-refractivity contribution >= 4 is 22.4 Å². The lowest BCUT2D eigenvalue weighted by Crippen LogP contribution is -2.29. The number of aromatic nitrogens is 6. The Kier molecular flexibility index (Phi) is 5.28. The van der Waals surface area contributed by atoms with E-state index in [2.05, 4.69) is 25.9 Å². The SMILES string of the molecule is Cc1nnnn1-c1ccc(F)c(NC(=O)c2nn(CC(C)C)c(=O)c3ccccc23)c1. The molecule has 2 aromatic carbocycles. The summed E-state index contributed by atoms with van der Waals surface area (Å²) in [6.45, 7) is 5.96. The van der Waals surface area contributed by atoms with E-state index in [0.29, 0.717) is 28.8 Å². The molecule has 1 N–H and O–H groups in total. The molecule has 4 aromatic rings. The average molecular weight is 421 g/mol. The summed E-state index contributed by atoms with van der Waals surface area (Å²) >= 11 is 0. The third-order valence-corrected chi connectivity index (χ3v) is 4.69. The van der Waals surface area contributed by atoms with Crippen LogP contribution in [0.4, 0.5) is 10.1 Å². The standard InChI is InChI=1S/C21H20FN7O2/c1-12(2)11-28-21(31)16-7-5-4-6-15(16)19(25-28)20(30)23-18-10-14(8-9-17(18)22)29-13(3)24-26-27-29/h4-10,12H,11H2,1-3H3,(H,23,30). The van der Waals surface area contributed by atoms with Gasteiger partial charge in [-0.05, 0) is 47.5 Å². The topological polar surface area (TPSA) is 108 Å². The first kappa shape index (κ1) is 20.3. The van der Waals surface area contributed by atoms with Crippen molar-refractivity contribution in [2.75, 3.05) is 5.32 Å². The number of rotatable bonds is 5. The van der Waals surface area contributed by atoms with Crippen molar-refractivity contribution in [2.45, 2.75) is 27.3 Å². The number of carbonyl (C=O) groups is 1. The Morgan fingerprint density at radius 2 is 1.90 bits per heavy atom.